The van der Waals surface area contributed by atoms with Crippen molar-refractivity contribution in [2.24, 2.45) is 5.10 Å². The monoisotopic (exact) mass is 521 g/mol. The molecule has 0 amide bonds. The SMILES string of the molecule is C[C@H](Oc1c(Cl)cc(C=Nn2c(-c3cc4ccccc4o3)nc3ccccc3c2=O)cc1Cl)C(=O)O. The first-order valence-electron chi connectivity index (χ1n) is 10.8. The maximum Gasteiger partial charge on any atom is 0.344 e. The number of carboxylic acids is 1. The topological polar surface area (TPSA) is 107 Å². The summed E-state index contributed by atoms with van der Waals surface area (Å²) in [5.74, 6) is -0.524. The Kier molecular flexibility index (Phi) is 6.22. The van der Waals surface area contributed by atoms with Gasteiger partial charge in [-0.2, -0.15) is 9.78 Å². The lowest BCUT2D eigenvalue weighted by atomic mass is 10.2. The highest BCUT2D eigenvalue weighted by Crippen LogP contribution is 2.35. The van der Waals surface area contributed by atoms with Gasteiger partial charge in [-0.1, -0.05) is 53.5 Å². The van der Waals surface area contributed by atoms with E-state index in [0.29, 0.717) is 27.8 Å². The summed E-state index contributed by atoms with van der Waals surface area (Å²) in [5.41, 5.74) is 1.22. The van der Waals surface area contributed by atoms with Gasteiger partial charge in [0.2, 0.25) is 5.82 Å². The second-order valence-electron chi connectivity index (χ2n) is 7.87. The third-order valence-corrected chi connectivity index (χ3v) is 5.95. The molecule has 0 radical (unpaired) electrons. The predicted octanol–water partition coefficient (Wildman–Crippen LogP) is 5.85. The van der Waals surface area contributed by atoms with Crippen molar-refractivity contribution in [1.29, 1.82) is 0 Å². The number of aromatic nitrogens is 2. The average molecular weight is 522 g/mol. The van der Waals surface area contributed by atoms with Crippen molar-refractivity contribution in [3.05, 3.63) is 92.7 Å². The number of aliphatic carboxylic acids is 1. The van der Waals surface area contributed by atoms with Gasteiger partial charge in [-0.25, -0.2) is 9.78 Å². The van der Waals surface area contributed by atoms with Crippen LogP contribution in [0.2, 0.25) is 10.0 Å². The van der Waals surface area contributed by atoms with Gasteiger partial charge in [-0.05, 0) is 48.9 Å². The molecule has 0 aliphatic carbocycles. The van der Waals surface area contributed by atoms with Gasteiger partial charge in [0.05, 0.1) is 27.2 Å². The molecule has 0 spiro atoms. The molecule has 1 N–H and O–H groups in total. The van der Waals surface area contributed by atoms with Gasteiger partial charge in [-0.3, -0.25) is 4.79 Å². The van der Waals surface area contributed by atoms with E-state index in [4.69, 9.17) is 37.5 Å². The summed E-state index contributed by atoms with van der Waals surface area (Å²) in [7, 11) is 0. The fourth-order valence-electron chi connectivity index (χ4n) is 3.60. The molecule has 0 saturated heterocycles. The zero-order valence-corrected chi connectivity index (χ0v) is 20.2. The van der Waals surface area contributed by atoms with Crippen LogP contribution < -0.4 is 10.3 Å². The summed E-state index contributed by atoms with van der Waals surface area (Å²) in [4.78, 5) is 29.1. The molecule has 0 bridgehead atoms. The fourth-order valence-corrected chi connectivity index (χ4v) is 4.19. The smallest absolute Gasteiger partial charge is 0.344 e. The van der Waals surface area contributed by atoms with Crippen molar-refractivity contribution in [2.45, 2.75) is 13.0 Å². The molecule has 180 valence electrons. The summed E-state index contributed by atoms with van der Waals surface area (Å²) in [6.45, 7) is 1.36. The van der Waals surface area contributed by atoms with Crippen LogP contribution in [0.15, 0.2) is 81.0 Å². The molecular formula is C26H17Cl2N3O5. The third kappa shape index (κ3) is 4.44. The highest BCUT2D eigenvalue weighted by Gasteiger charge is 2.19. The Morgan fingerprint density at radius 1 is 1.11 bits per heavy atom. The van der Waals surface area contributed by atoms with Crippen molar-refractivity contribution in [3.8, 4) is 17.3 Å². The molecule has 2 heterocycles. The Hall–Kier alpha value is -4.14. The predicted molar refractivity (Wildman–Crippen MR) is 138 cm³/mol. The second-order valence-corrected chi connectivity index (χ2v) is 8.69. The molecule has 2 aromatic heterocycles. The van der Waals surface area contributed by atoms with Crippen LogP contribution in [0.1, 0.15) is 12.5 Å². The van der Waals surface area contributed by atoms with Crippen LogP contribution in [0.4, 0.5) is 0 Å². The molecule has 5 rings (SSSR count). The molecule has 0 saturated carbocycles. The highest BCUT2D eigenvalue weighted by molar-refractivity contribution is 6.37. The van der Waals surface area contributed by atoms with Gasteiger partial charge in [0.1, 0.15) is 5.58 Å². The van der Waals surface area contributed by atoms with Crippen LogP contribution in [0.5, 0.6) is 5.75 Å². The van der Waals surface area contributed by atoms with E-state index in [9.17, 15) is 9.59 Å². The second kappa shape index (κ2) is 9.49. The number of ether oxygens (including phenoxy) is 1. The number of fused-ring (bicyclic) bond motifs is 2. The molecule has 3 aromatic carbocycles. The van der Waals surface area contributed by atoms with Crippen molar-refractivity contribution in [3.63, 3.8) is 0 Å². The number of halogens is 2. The Balaban J connectivity index is 1.61. The lowest BCUT2D eigenvalue weighted by molar-refractivity contribution is -0.144. The molecule has 0 unspecified atom stereocenters. The van der Waals surface area contributed by atoms with Crippen LogP contribution in [-0.4, -0.2) is 33.1 Å². The lowest BCUT2D eigenvalue weighted by Gasteiger charge is -2.14. The number of para-hydroxylation sites is 2. The highest BCUT2D eigenvalue weighted by atomic mass is 35.5. The number of carboxylic acid groups (broad SMARTS) is 1. The molecule has 0 fully saturated rings. The average Bonchev–Trinajstić information content (AvgIpc) is 3.29. The first-order valence-corrected chi connectivity index (χ1v) is 11.5. The summed E-state index contributed by atoms with van der Waals surface area (Å²) in [6, 6.07) is 19.2. The minimum absolute atomic E-state index is 0.0397. The first-order chi connectivity index (χ1) is 17.3. The molecule has 36 heavy (non-hydrogen) atoms. The number of nitrogens with zero attached hydrogens (tertiary/aromatic N) is 3. The number of hydrogen-bond donors (Lipinski definition) is 1. The van der Waals surface area contributed by atoms with Crippen molar-refractivity contribution < 1.29 is 19.1 Å². The van der Waals surface area contributed by atoms with Gasteiger partial charge in [0, 0.05) is 5.39 Å². The van der Waals surface area contributed by atoms with Crippen LogP contribution in [-0.2, 0) is 4.79 Å². The van der Waals surface area contributed by atoms with Crippen LogP contribution in [0.25, 0.3) is 33.5 Å². The Morgan fingerprint density at radius 2 is 1.81 bits per heavy atom. The third-order valence-electron chi connectivity index (χ3n) is 5.38. The Labute approximate surface area is 214 Å². The molecular weight excluding hydrogens is 505 g/mol. The van der Waals surface area contributed by atoms with E-state index in [1.54, 1.807) is 30.3 Å². The number of carbonyl (C=O) groups is 1. The maximum absolute atomic E-state index is 13.4. The van der Waals surface area contributed by atoms with Gasteiger partial charge in [-0.15, -0.1) is 0 Å². The van der Waals surface area contributed by atoms with Crippen molar-refractivity contribution in [1.82, 2.24) is 9.66 Å². The molecule has 10 heteroatoms. The molecule has 5 aromatic rings. The van der Waals surface area contributed by atoms with Crippen molar-refractivity contribution >= 4 is 57.3 Å². The van der Waals surface area contributed by atoms with E-state index in [0.717, 1.165) is 10.1 Å². The maximum atomic E-state index is 13.4. The number of furan rings is 1. The van der Waals surface area contributed by atoms with Crippen LogP contribution >= 0.6 is 23.2 Å². The fraction of sp³-hybridized carbons (Fsp3) is 0.0769. The first kappa shape index (κ1) is 23.6. The van der Waals surface area contributed by atoms with E-state index >= 15 is 0 Å². The van der Waals surface area contributed by atoms with Crippen LogP contribution in [0, 0.1) is 0 Å². The molecule has 0 aliphatic heterocycles. The Bertz CT molecular complexity index is 1670. The van der Waals surface area contributed by atoms with E-state index in [1.807, 2.05) is 24.3 Å². The molecule has 8 nitrogen and oxygen atoms in total. The summed E-state index contributed by atoms with van der Waals surface area (Å²) in [5, 5.41) is 14.9. The zero-order chi connectivity index (χ0) is 25.4. The molecule has 0 aliphatic rings. The van der Waals surface area contributed by atoms with Gasteiger partial charge in [0.25, 0.3) is 5.56 Å². The van der Waals surface area contributed by atoms with Gasteiger partial charge in [0.15, 0.2) is 17.6 Å². The largest absolute Gasteiger partial charge is 0.479 e. The normalized spacial score (nSPS) is 12.4. The Morgan fingerprint density at radius 3 is 2.53 bits per heavy atom. The van der Waals surface area contributed by atoms with E-state index in [1.165, 1.54) is 25.3 Å². The number of hydrogen-bond acceptors (Lipinski definition) is 6. The number of rotatable bonds is 6. The van der Waals surface area contributed by atoms with Crippen molar-refractivity contribution in [2.75, 3.05) is 0 Å². The summed E-state index contributed by atoms with van der Waals surface area (Å²) < 4.78 is 12.5. The minimum Gasteiger partial charge on any atom is -0.479 e. The quantitative estimate of drug-likeness (QED) is 0.281. The standard InChI is InChI=1S/C26H17Cl2N3O5/c1-14(26(33)34)35-23-18(27)10-15(11-19(23)28)13-29-31-24(22-12-16-6-2-5-9-21(16)36-22)30-20-8-4-3-7-17(20)25(31)32/h2-14H,1H3,(H,33,34)/t14-/m0/s1. The van der Waals surface area contributed by atoms with Gasteiger partial charge < -0.3 is 14.3 Å². The summed E-state index contributed by atoms with van der Waals surface area (Å²) in [6.07, 6.45) is 0.250. The molecule has 1 atom stereocenters. The summed E-state index contributed by atoms with van der Waals surface area (Å²) >= 11 is 12.6. The number of benzene rings is 3. The van der Waals surface area contributed by atoms with Crippen LogP contribution in [0.3, 0.4) is 0 Å². The van der Waals surface area contributed by atoms with E-state index in [2.05, 4.69) is 10.1 Å². The zero-order valence-electron chi connectivity index (χ0n) is 18.7. The van der Waals surface area contributed by atoms with E-state index < -0.39 is 12.1 Å². The minimum atomic E-state index is -1.16. The van der Waals surface area contributed by atoms with Gasteiger partial charge >= 0.3 is 5.97 Å². The lowest BCUT2D eigenvalue weighted by Crippen LogP contribution is -2.23. The van der Waals surface area contributed by atoms with E-state index in [-0.39, 0.29) is 27.2 Å².